The number of carbonyl (C=O) groups excluding carboxylic acids is 1. The fraction of sp³-hybridized carbons (Fsp3) is 0.632. The molecule has 4 heterocycles. The lowest BCUT2D eigenvalue weighted by Gasteiger charge is -2.32. The van der Waals surface area contributed by atoms with Crippen molar-refractivity contribution in [2.75, 3.05) is 19.6 Å². The summed E-state index contributed by atoms with van der Waals surface area (Å²) in [7, 11) is 0. The minimum absolute atomic E-state index is 0.0813. The Morgan fingerprint density at radius 1 is 1.31 bits per heavy atom. The number of fused-ring (bicyclic) bond motifs is 1. The van der Waals surface area contributed by atoms with Crippen molar-refractivity contribution in [3.8, 4) is 0 Å². The van der Waals surface area contributed by atoms with Crippen LogP contribution >= 0.6 is 11.3 Å². The van der Waals surface area contributed by atoms with Crippen molar-refractivity contribution in [1.29, 1.82) is 0 Å². The zero-order chi connectivity index (χ0) is 18.1. The van der Waals surface area contributed by atoms with Gasteiger partial charge in [-0.1, -0.05) is 19.1 Å². The van der Waals surface area contributed by atoms with Gasteiger partial charge in [0, 0.05) is 43.5 Å². The van der Waals surface area contributed by atoms with Crippen LogP contribution in [0, 0.1) is 5.92 Å². The average molecular weight is 374 g/mol. The Labute approximate surface area is 158 Å². The van der Waals surface area contributed by atoms with Gasteiger partial charge in [-0.05, 0) is 36.3 Å². The molecule has 0 saturated carbocycles. The lowest BCUT2D eigenvalue weighted by atomic mass is 10.0. The number of aromatic nitrogens is 3. The molecule has 0 atom stereocenters. The van der Waals surface area contributed by atoms with E-state index >= 15 is 0 Å². The van der Waals surface area contributed by atoms with Crippen LogP contribution in [0.2, 0.25) is 0 Å². The smallest absolute Gasteiger partial charge is 0.225 e. The highest BCUT2D eigenvalue weighted by Crippen LogP contribution is 2.26. The fourth-order valence-electron chi connectivity index (χ4n) is 3.95. The Morgan fingerprint density at radius 3 is 2.88 bits per heavy atom. The molecule has 0 unspecified atom stereocenters. The molecule has 0 radical (unpaired) electrons. The fourth-order valence-corrected chi connectivity index (χ4v) is 4.84. The molecule has 6 nitrogen and oxygen atoms in total. The summed E-state index contributed by atoms with van der Waals surface area (Å²) in [5.41, 5.74) is 2.51. The van der Waals surface area contributed by atoms with Crippen LogP contribution in [-0.2, 0) is 24.3 Å². The Morgan fingerprint density at radius 2 is 2.12 bits per heavy atom. The van der Waals surface area contributed by atoms with E-state index < -0.39 is 0 Å². The second-order valence-corrected chi connectivity index (χ2v) is 8.73. The number of thiophene rings is 1. The first-order chi connectivity index (χ1) is 12.6. The third-order valence-electron chi connectivity index (χ3n) is 5.47. The zero-order valence-electron chi connectivity index (χ0n) is 15.6. The molecule has 1 saturated heterocycles. The molecular formula is C19H27N5OS. The summed E-state index contributed by atoms with van der Waals surface area (Å²) in [6, 6.07) is 2.60. The molecule has 7 heteroatoms. The topological polar surface area (TPSA) is 54.3 Å². The summed E-state index contributed by atoms with van der Waals surface area (Å²) in [5, 5.41) is 11.0. The predicted octanol–water partition coefficient (Wildman–Crippen LogP) is 2.72. The van der Waals surface area contributed by atoms with Gasteiger partial charge >= 0.3 is 0 Å². The maximum absolute atomic E-state index is 12.1. The van der Waals surface area contributed by atoms with Crippen molar-refractivity contribution in [1.82, 2.24) is 24.8 Å². The first-order valence-electron chi connectivity index (χ1n) is 9.57. The third-order valence-corrected chi connectivity index (χ3v) is 6.50. The lowest BCUT2D eigenvalue weighted by molar-refractivity contribution is -0.135. The first kappa shape index (κ1) is 17.7. The standard InChI is InChI=1S/C19H27N5OS/c1-14(2)19(25)23-8-3-17(4-9-23)24-13-16(20-21-24)12-22-7-5-18-15(11-22)6-10-26-18/h6,10,13-14,17H,3-5,7-9,11-12H2,1-2H3. The lowest BCUT2D eigenvalue weighted by Crippen LogP contribution is -2.41. The van der Waals surface area contributed by atoms with E-state index in [1.165, 1.54) is 10.4 Å². The van der Waals surface area contributed by atoms with Crippen molar-refractivity contribution in [2.45, 2.75) is 52.2 Å². The van der Waals surface area contributed by atoms with E-state index in [9.17, 15) is 4.79 Å². The number of carbonyl (C=O) groups is 1. The van der Waals surface area contributed by atoms with Gasteiger partial charge in [0.05, 0.1) is 17.9 Å². The van der Waals surface area contributed by atoms with Crippen LogP contribution in [0.25, 0.3) is 0 Å². The molecule has 0 aromatic carbocycles. The Balaban J connectivity index is 1.32. The number of hydrogen-bond acceptors (Lipinski definition) is 5. The van der Waals surface area contributed by atoms with E-state index in [4.69, 9.17) is 0 Å². The second kappa shape index (κ2) is 7.48. The average Bonchev–Trinajstić information content (AvgIpc) is 3.30. The number of piperidine rings is 1. The van der Waals surface area contributed by atoms with Crippen LogP contribution in [0.4, 0.5) is 0 Å². The van der Waals surface area contributed by atoms with Gasteiger partial charge in [0.1, 0.15) is 0 Å². The van der Waals surface area contributed by atoms with Gasteiger partial charge in [0.25, 0.3) is 0 Å². The van der Waals surface area contributed by atoms with E-state index in [1.807, 2.05) is 34.8 Å². The van der Waals surface area contributed by atoms with E-state index in [2.05, 4.69) is 32.9 Å². The van der Waals surface area contributed by atoms with Crippen LogP contribution in [0.5, 0.6) is 0 Å². The molecule has 1 fully saturated rings. The predicted molar refractivity (Wildman–Crippen MR) is 102 cm³/mol. The van der Waals surface area contributed by atoms with E-state index in [1.54, 1.807) is 0 Å². The van der Waals surface area contributed by atoms with Crippen LogP contribution < -0.4 is 0 Å². The summed E-state index contributed by atoms with van der Waals surface area (Å²) in [6.07, 6.45) is 5.17. The minimum Gasteiger partial charge on any atom is -0.342 e. The Kier molecular flexibility index (Phi) is 5.09. The minimum atomic E-state index is 0.0813. The molecule has 4 rings (SSSR count). The molecular weight excluding hydrogens is 346 g/mol. The highest BCUT2D eigenvalue weighted by Gasteiger charge is 2.26. The van der Waals surface area contributed by atoms with E-state index in [0.717, 1.165) is 57.7 Å². The number of amides is 1. The van der Waals surface area contributed by atoms with Crippen molar-refractivity contribution in [3.05, 3.63) is 33.8 Å². The maximum atomic E-state index is 12.1. The van der Waals surface area contributed by atoms with E-state index in [-0.39, 0.29) is 11.8 Å². The van der Waals surface area contributed by atoms with Crippen LogP contribution in [0.1, 0.15) is 48.9 Å². The summed E-state index contributed by atoms with van der Waals surface area (Å²) in [5.74, 6) is 0.346. The summed E-state index contributed by atoms with van der Waals surface area (Å²) in [4.78, 5) is 18.1. The van der Waals surface area contributed by atoms with Gasteiger partial charge < -0.3 is 4.90 Å². The van der Waals surface area contributed by atoms with Gasteiger partial charge in [-0.15, -0.1) is 16.4 Å². The molecule has 2 aliphatic rings. The van der Waals surface area contributed by atoms with Crippen LogP contribution in [0.15, 0.2) is 17.6 Å². The zero-order valence-corrected chi connectivity index (χ0v) is 16.4. The Hall–Kier alpha value is -1.73. The Bertz CT molecular complexity index is 760. The van der Waals surface area contributed by atoms with Gasteiger partial charge in [-0.3, -0.25) is 9.69 Å². The summed E-state index contributed by atoms with van der Waals surface area (Å²) in [6.45, 7) is 8.56. The van der Waals surface area contributed by atoms with Crippen molar-refractivity contribution >= 4 is 17.2 Å². The summed E-state index contributed by atoms with van der Waals surface area (Å²) < 4.78 is 2.02. The number of likely N-dealkylation sites (tertiary alicyclic amines) is 1. The van der Waals surface area contributed by atoms with E-state index in [0.29, 0.717) is 6.04 Å². The molecule has 2 aliphatic heterocycles. The molecule has 2 aromatic rings. The molecule has 1 amide bonds. The number of hydrogen-bond donors (Lipinski definition) is 0. The SMILES string of the molecule is CC(C)C(=O)N1CCC(n2cc(CN3CCc4sccc4C3)nn2)CC1. The molecule has 26 heavy (non-hydrogen) atoms. The summed E-state index contributed by atoms with van der Waals surface area (Å²) >= 11 is 1.87. The van der Waals surface area contributed by atoms with Crippen molar-refractivity contribution in [2.24, 2.45) is 5.92 Å². The van der Waals surface area contributed by atoms with Crippen molar-refractivity contribution < 1.29 is 4.79 Å². The van der Waals surface area contributed by atoms with Gasteiger partial charge in [0.15, 0.2) is 0 Å². The maximum Gasteiger partial charge on any atom is 0.225 e. The quantitative estimate of drug-likeness (QED) is 0.827. The van der Waals surface area contributed by atoms with Gasteiger partial charge in [0.2, 0.25) is 5.91 Å². The molecule has 140 valence electrons. The molecule has 0 aliphatic carbocycles. The first-order valence-corrected chi connectivity index (χ1v) is 10.4. The van der Waals surface area contributed by atoms with Crippen LogP contribution in [0.3, 0.4) is 0 Å². The third kappa shape index (κ3) is 3.69. The highest BCUT2D eigenvalue weighted by molar-refractivity contribution is 7.10. The monoisotopic (exact) mass is 373 g/mol. The largest absolute Gasteiger partial charge is 0.342 e. The number of rotatable bonds is 4. The van der Waals surface area contributed by atoms with Gasteiger partial charge in [-0.25, -0.2) is 4.68 Å². The molecule has 2 aromatic heterocycles. The molecule has 0 spiro atoms. The number of nitrogens with zero attached hydrogens (tertiary/aromatic N) is 5. The van der Waals surface area contributed by atoms with Crippen molar-refractivity contribution in [3.63, 3.8) is 0 Å². The van der Waals surface area contributed by atoms with Crippen LogP contribution in [-0.4, -0.2) is 50.3 Å². The molecule has 0 N–H and O–H groups in total. The highest BCUT2D eigenvalue weighted by atomic mass is 32.1. The van der Waals surface area contributed by atoms with Gasteiger partial charge in [-0.2, -0.15) is 0 Å². The normalized spacial score (nSPS) is 19.1. The second-order valence-electron chi connectivity index (χ2n) is 7.73. The molecule has 0 bridgehead atoms.